The molecule has 2 unspecified atom stereocenters. The second-order valence-electron chi connectivity index (χ2n) is 4.44. The molecule has 0 saturated carbocycles. The Bertz CT molecular complexity index is 524. The quantitative estimate of drug-likeness (QED) is 0.887. The van der Waals surface area contributed by atoms with E-state index in [-0.39, 0.29) is 6.04 Å². The number of nitrogens with zero attached hydrogens (tertiary/aromatic N) is 1. The number of rotatable bonds is 4. The summed E-state index contributed by atoms with van der Waals surface area (Å²) in [6.45, 7) is 6.42. The van der Waals surface area contributed by atoms with Gasteiger partial charge in [-0.25, -0.2) is 4.98 Å². The third-order valence-corrected chi connectivity index (χ3v) is 4.70. The lowest BCUT2D eigenvalue weighted by atomic mass is 10.1. The third kappa shape index (κ3) is 3.19. The molecule has 1 heterocycles. The fourth-order valence-corrected chi connectivity index (χ4v) is 3.35. The Morgan fingerprint density at radius 1 is 1.22 bits per heavy atom. The van der Waals surface area contributed by atoms with Crippen LogP contribution in [0.15, 0.2) is 34.9 Å². The molecule has 0 amide bonds. The molecule has 1 aromatic carbocycles. The maximum Gasteiger partial charge on any atom is 0.109 e. The fourth-order valence-electron chi connectivity index (χ4n) is 1.93. The molecule has 0 spiro atoms. The van der Waals surface area contributed by atoms with Gasteiger partial charge in [-0.2, -0.15) is 0 Å². The Kier molecular flexibility index (Phi) is 4.54. The van der Waals surface area contributed by atoms with Gasteiger partial charge in [0.15, 0.2) is 0 Å². The van der Waals surface area contributed by atoms with Crippen molar-refractivity contribution in [2.75, 3.05) is 0 Å². The molecule has 0 saturated heterocycles. The highest BCUT2D eigenvalue weighted by atomic mass is 79.9. The molecule has 2 atom stereocenters. The summed E-state index contributed by atoms with van der Waals surface area (Å²) in [6.07, 6.45) is 1.93. The molecule has 4 heteroatoms. The van der Waals surface area contributed by atoms with Gasteiger partial charge in [-0.15, -0.1) is 11.3 Å². The molecule has 0 aliphatic carbocycles. The molecule has 1 N–H and O–H groups in total. The van der Waals surface area contributed by atoms with Crippen LogP contribution in [-0.2, 0) is 0 Å². The van der Waals surface area contributed by atoms with Crippen LogP contribution in [0.2, 0.25) is 0 Å². The number of nitrogens with one attached hydrogen (secondary N) is 1. The van der Waals surface area contributed by atoms with E-state index in [2.05, 4.69) is 65.2 Å². The van der Waals surface area contributed by atoms with Crippen molar-refractivity contribution in [2.24, 2.45) is 0 Å². The van der Waals surface area contributed by atoms with Crippen LogP contribution in [0.4, 0.5) is 0 Å². The highest BCUT2D eigenvalue weighted by Crippen LogP contribution is 2.26. The predicted octanol–water partition coefficient (Wildman–Crippen LogP) is 4.63. The molecule has 96 valence electrons. The van der Waals surface area contributed by atoms with Crippen LogP contribution in [0, 0.1) is 6.92 Å². The fraction of sp³-hybridized carbons (Fsp3) is 0.357. The predicted molar refractivity (Wildman–Crippen MR) is 81.0 cm³/mol. The number of aryl methyl sites for hydroxylation is 1. The van der Waals surface area contributed by atoms with Crippen molar-refractivity contribution in [3.8, 4) is 0 Å². The summed E-state index contributed by atoms with van der Waals surface area (Å²) in [4.78, 5) is 5.69. The molecule has 0 radical (unpaired) electrons. The van der Waals surface area contributed by atoms with Crippen LogP contribution in [0.25, 0.3) is 0 Å². The monoisotopic (exact) mass is 324 g/mol. The SMILES string of the molecule is Cc1cnc(C(C)NC(C)c2ccccc2Br)s1. The van der Waals surface area contributed by atoms with Crippen LogP contribution in [0.3, 0.4) is 0 Å². The molecule has 1 aromatic heterocycles. The van der Waals surface area contributed by atoms with Crippen molar-refractivity contribution < 1.29 is 0 Å². The minimum Gasteiger partial charge on any atom is -0.301 e. The summed E-state index contributed by atoms with van der Waals surface area (Å²) < 4.78 is 1.15. The molecule has 0 aliphatic heterocycles. The lowest BCUT2D eigenvalue weighted by Gasteiger charge is -2.19. The molecular weight excluding hydrogens is 308 g/mol. The average Bonchev–Trinajstić information content (AvgIpc) is 2.76. The van der Waals surface area contributed by atoms with Gasteiger partial charge in [0.2, 0.25) is 0 Å². The number of hydrogen-bond donors (Lipinski definition) is 1. The molecule has 2 rings (SSSR count). The van der Waals surface area contributed by atoms with Gasteiger partial charge in [0, 0.05) is 21.6 Å². The van der Waals surface area contributed by atoms with E-state index in [1.54, 1.807) is 11.3 Å². The molecule has 2 aromatic rings. The molecule has 0 fully saturated rings. The topological polar surface area (TPSA) is 24.9 Å². The normalized spacial score (nSPS) is 14.4. The number of hydrogen-bond acceptors (Lipinski definition) is 3. The number of aromatic nitrogens is 1. The smallest absolute Gasteiger partial charge is 0.109 e. The molecular formula is C14H17BrN2S. The van der Waals surface area contributed by atoms with Crippen LogP contribution < -0.4 is 5.32 Å². The Balaban J connectivity index is 2.08. The summed E-state index contributed by atoms with van der Waals surface area (Å²) in [7, 11) is 0. The number of benzene rings is 1. The van der Waals surface area contributed by atoms with E-state index in [1.807, 2.05) is 12.3 Å². The third-order valence-electron chi connectivity index (χ3n) is 2.88. The van der Waals surface area contributed by atoms with Crippen molar-refractivity contribution >= 4 is 27.3 Å². The van der Waals surface area contributed by atoms with Crippen LogP contribution in [-0.4, -0.2) is 4.98 Å². The van der Waals surface area contributed by atoms with Crippen molar-refractivity contribution in [1.82, 2.24) is 10.3 Å². The van der Waals surface area contributed by atoms with E-state index < -0.39 is 0 Å². The molecule has 2 nitrogen and oxygen atoms in total. The first-order valence-electron chi connectivity index (χ1n) is 6.00. The van der Waals surface area contributed by atoms with Crippen molar-refractivity contribution in [3.05, 3.63) is 50.4 Å². The average molecular weight is 325 g/mol. The van der Waals surface area contributed by atoms with Crippen molar-refractivity contribution in [1.29, 1.82) is 0 Å². The Hall–Kier alpha value is -0.710. The zero-order valence-corrected chi connectivity index (χ0v) is 13.2. The zero-order valence-electron chi connectivity index (χ0n) is 10.8. The van der Waals surface area contributed by atoms with Gasteiger partial charge in [0.1, 0.15) is 5.01 Å². The van der Waals surface area contributed by atoms with Gasteiger partial charge in [0.05, 0.1) is 6.04 Å². The van der Waals surface area contributed by atoms with E-state index in [9.17, 15) is 0 Å². The van der Waals surface area contributed by atoms with E-state index >= 15 is 0 Å². The van der Waals surface area contributed by atoms with Crippen LogP contribution in [0.5, 0.6) is 0 Å². The Morgan fingerprint density at radius 2 is 1.94 bits per heavy atom. The number of thiazole rings is 1. The van der Waals surface area contributed by atoms with Crippen molar-refractivity contribution in [3.63, 3.8) is 0 Å². The second kappa shape index (κ2) is 5.95. The lowest BCUT2D eigenvalue weighted by Crippen LogP contribution is -2.22. The van der Waals surface area contributed by atoms with E-state index in [0.717, 1.165) is 9.48 Å². The van der Waals surface area contributed by atoms with Gasteiger partial charge >= 0.3 is 0 Å². The first-order chi connectivity index (χ1) is 8.58. The summed E-state index contributed by atoms with van der Waals surface area (Å²) in [6, 6.07) is 8.88. The lowest BCUT2D eigenvalue weighted by molar-refractivity contribution is 0.492. The van der Waals surface area contributed by atoms with Gasteiger partial charge in [-0.1, -0.05) is 34.1 Å². The first kappa shape index (κ1) is 13.7. The largest absolute Gasteiger partial charge is 0.301 e. The minimum absolute atomic E-state index is 0.269. The standard InChI is InChI=1S/C14H17BrN2S/c1-9-8-16-14(18-9)11(3)17-10(2)12-6-4-5-7-13(12)15/h4-8,10-11,17H,1-3H3. The summed E-state index contributed by atoms with van der Waals surface area (Å²) in [5, 5.41) is 4.73. The molecule has 0 bridgehead atoms. The maximum atomic E-state index is 4.43. The maximum absolute atomic E-state index is 4.43. The van der Waals surface area contributed by atoms with Gasteiger partial charge in [-0.3, -0.25) is 0 Å². The highest BCUT2D eigenvalue weighted by Gasteiger charge is 2.15. The van der Waals surface area contributed by atoms with Gasteiger partial charge in [0.25, 0.3) is 0 Å². The van der Waals surface area contributed by atoms with Gasteiger partial charge < -0.3 is 5.32 Å². The molecule has 18 heavy (non-hydrogen) atoms. The highest BCUT2D eigenvalue weighted by molar-refractivity contribution is 9.10. The summed E-state index contributed by atoms with van der Waals surface area (Å²) in [5.74, 6) is 0. The summed E-state index contributed by atoms with van der Waals surface area (Å²) in [5.41, 5.74) is 1.28. The van der Waals surface area contributed by atoms with E-state index in [4.69, 9.17) is 0 Å². The van der Waals surface area contributed by atoms with Crippen LogP contribution in [0.1, 0.15) is 41.4 Å². The summed E-state index contributed by atoms with van der Waals surface area (Å²) >= 11 is 5.35. The first-order valence-corrected chi connectivity index (χ1v) is 7.61. The Morgan fingerprint density at radius 3 is 2.56 bits per heavy atom. The van der Waals surface area contributed by atoms with E-state index in [1.165, 1.54) is 10.4 Å². The zero-order chi connectivity index (χ0) is 13.1. The van der Waals surface area contributed by atoms with Crippen molar-refractivity contribution in [2.45, 2.75) is 32.9 Å². The van der Waals surface area contributed by atoms with Crippen LogP contribution >= 0.6 is 27.3 Å². The second-order valence-corrected chi connectivity index (χ2v) is 6.56. The number of halogens is 1. The minimum atomic E-state index is 0.269. The molecule has 0 aliphatic rings. The Labute approximate surface area is 121 Å². The van der Waals surface area contributed by atoms with E-state index in [0.29, 0.717) is 6.04 Å². The van der Waals surface area contributed by atoms with Gasteiger partial charge in [-0.05, 0) is 32.4 Å².